The third-order valence-electron chi connectivity index (χ3n) is 5.08. The molecule has 0 radical (unpaired) electrons. The quantitative estimate of drug-likeness (QED) is 0.332. The third kappa shape index (κ3) is 3.53. The van der Waals surface area contributed by atoms with Gasteiger partial charge in [0.25, 0.3) is 17.5 Å². The first-order valence-electron chi connectivity index (χ1n) is 9.59. The number of rotatable bonds is 7. The predicted molar refractivity (Wildman–Crippen MR) is 113 cm³/mol. The molecule has 2 amide bonds. The van der Waals surface area contributed by atoms with E-state index in [0.29, 0.717) is 29.8 Å². The van der Waals surface area contributed by atoms with Gasteiger partial charge in [-0.05, 0) is 36.8 Å². The fraction of sp³-hybridized carbons (Fsp3) is 0.130. The molecular formula is C23H19N3O4. The SMILES string of the molecule is O=C1c2ccccc2C(=O)N1CCCN(c1ccccc1)c1ccccc1[N+](=O)[O-]. The van der Waals surface area contributed by atoms with Crippen molar-refractivity contribution < 1.29 is 14.5 Å². The number of carbonyl (C=O) groups excluding carboxylic acids is 2. The lowest BCUT2D eigenvalue weighted by Gasteiger charge is -2.25. The second-order valence-corrected chi connectivity index (χ2v) is 6.89. The van der Waals surface area contributed by atoms with Crippen LogP contribution in [0.25, 0.3) is 0 Å². The van der Waals surface area contributed by atoms with Gasteiger partial charge in [-0.3, -0.25) is 24.6 Å². The number of nitrogens with zero attached hydrogens (tertiary/aromatic N) is 3. The number of nitro groups is 1. The highest BCUT2D eigenvalue weighted by atomic mass is 16.6. The van der Waals surface area contributed by atoms with Crippen LogP contribution in [0, 0.1) is 10.1 Å². The molecule has 0 atom stereocenters. The maximum Gasteiger partial charge on any atom is 0.292 e. The standard InChI is InChI=1S/C23H19N3O4/c27-22-18-11-4-5-12-19(18)23(28)25(22)16-8-15-24(17-9-2-1-3-10-17)20-13-6-7-14-21(20)26(29)30/h1-7,9-14H,8,15-16H2. The van der Waals surface area contributed by atoms with E-state index in [-0.39, 0.29) is 24.0 Å². The maximum absolute atomic E-state index is 12.6. The fourth-order valence-corrected chi connectivity index (χ4v) is 3.67. The number of amides is 2. The van der Waals surface area contributed by atoms with Gasteiger partial charge < -0.3 is 4.90 Å². The summed E-state index contributed by atoms with van der Waals surface area (Å²) < 4.78 is 0. The van der Waals surface area contributed by atoms with Gasteiger partial charge in [-0.25, -0.2) is 0 Å². The smallest absolute Gasteiger partial charge is 0.292 e. The molecule has 30 heavy (non-hydrogen) atoms. The molecule has 0 bridgehead atoms. The summed E-state index contributed by atoms with van der Waals surface area (Å²) >= 11 is 0. The molecule has 0 saturated carbocycles. The number of imide groups is 1. The van der Waals surface area contributed by atoms with E-state index in [9.17, 15) is 19.7 Å². The summed E-state index contributed by atoms with van der Waals surface area (Å²) in [6, 6.07) is 22.7. The zero-order valence-corrected chi connectivity index (χ0v) is 16.1. The Balaban J connectivity index is 1.55. The summed E-state index contributed by atoms with van der Waals surface area (Å²) in [6.07, 6.45) is 0.465. The van der Waals surface area contributed by atoms with Crippen molar-refractivity contribution in [1.82, 2.24) is 4.90 Å². The van der Waals surface area contributed by atoms with Crippen LogP contribution in [0.3, 0.4) is 0 Å². The molecule has 0 aromatic heterocycles. The highest BCUT2D eigenvalue weighted by Gasteiger charge is 2.34. The Bertz CT molecular complexity index is 1080. The van der Waals surface area contributed by atoms with Crippen LogP contribution >= 0.6 is 0 Å². The third-order valence-corrected chi connectivity index (χ3v) is 5.08. The number of benzene rings is 3. The summed E-state index contributed by atoms with van der Waals surface area (Å²) in [5.74, 6) is -0.597. The van der Waals surface area contributed by atoms with E-state index in [0.717, 1.165) is 5.69 Å². The van der Waals surface area contributed by atoms with Crippen molar-refractivity contribution in [3.63, 3.8) is 0 Å². The minimum absolute atomic E-state index is 0.00193. The lowest BCUT2D eigenvalue weighted by Crippen LogP contribution is -2.33. The maximum atomic E-state index is 12.6. The van der Waals surface area contributed by atoms with E-state index >= 15 is 0 Å². The molecular weight excluding hydrogens is 382 g/mol. The minimum Gasteiger partial charge on any atom is -0.336 e. The van der Waals surface area contributed by atoms with Crippen molar-refractivity contribution in [3.8, 4) is 0 Å². The normalized spacial score (nSPS) is 12.7. The second-order valence-electron chi connectivity index (χ2n) is 6.89. The van der Waals surface area contributed by atoms with Gasteiger partial charge in [0.05, 0.1) is 16.1 Å². The van der Waals surface area contributed by atoms with Crippen LogP contribution in [0.5, 0.6) is 0 Å². The van der Waals surface area contributed by atoms with Crippen molar-refractivity contribution in [1.29, 1.82) is 0 Å². The molecule has 0 fully saturated rings. The number of nitro benzene ring substituents is 1. The molecule has 0 spiro atoms. The van der Waals surface area contributed by atoms with Crippen molar-refractivity contribution >= 4 is 28.9 Å². The fourth-order valence-electron chi connectivity index (χ4n) is 3.67. The van der Waals surface area contributed by atoms with Crippen LogP contribution in [0.4, 0.5) is 17.1 Å². The number of hydrogen-bond acceptors (Lipinski definition) is 5. The van der Waals surface area contributed by atoms with Gasteiger partial charge in [0.1, 0.15) is 5.69 Å². The molecule has 1 heterocycles. The van der Waals surface area contributed by atoms with Gasteiger partial charge in [0.15, 0.2) is 0 Å². The van der Waals surface area contributed by atoms with Gasteiger partial charge in [-0.15, -0.1) is 0 Å². The monoisotopic (exact) mass is 401 g/mol. The molecule has 0 saturated heterocycles. The molecule has 150 valence electrons. The average molecular weight is 401 g/mol. The largest absolute Gasteiger partial charge is 0.336 e. The highest BCUT2D eigenvalue weighted by Crippen LogP contribution is 2.33. The van der Waals surface area contributed by atoms with Gasteiger partial charge in [0, 0.05) is 24.8 Å². The Morgan fingerprint density at radius 3 is 2.00 bits per heavy atom. The van der Waals surface area contributed by atoms with E-state index < -0.39 is 4.92 Å². The summed E-state index contributed by atoms with van der Waals surface area (Å²) in [5, 5.41) is 11.5. The number of carbonyl (C=O) groups is 2. The minimum atomic E-state index is -0.407. The number of anilines is 2. The molecule has 0 aliphatic carbocycles. The molecule has 3 aromatic rings. The van der Waals surface area contributed by atoms with E-state index in [1.54, 1.807) is 42.5 Å². The molecule has 1 aliphatic rings. The summed E-state index contributed by atoms with van der Waals surface area (Å²) in [4.78, 5) is 39.4. The first-order valence-corrected chi connectivity index (χ1v) is 9.59. The van der Waals surface area contributed by atoms with E-state index in [4.69, 9.17) is 0 Å². The Morgan fingerprint density at radius 1 is 0.800 bits per heavy atom. The van der Waals surface area contributed by atoms with E-state index in [1.807, 2.05) is 35.2 Å². The summed E-state index contributed by atoms with van der Waals surface area (Å²) in [7, 11) is 0. The first kappa shape index (κ1) is 19.3. The molecule has 4 rings (SSSR count). The van der Waals surface area contributed by atoms with Gasteiger partial charge in [-0.2, -0.15) is 0 Å². The van der Waals surface area contributed by atoms with Crippen LogP contribution in [-0.2, 0) is 0 Å². The molecule has 0 N–H and O–H groups in total. The molecule has 7 nitrogen and oxygen atoms in total. The summed E-state index contributed by atoms with van der Waals surface area (Å²) in [6.45, 7) is 0.637. The van der Waals surface area contributed by atoms with Gasteiger partial charge in [0.2, 0.25) is 0 Å². The van der Waals surface area contributed by atoms with Crippen LogP contribution in [0.2, 0.25) is 0 Å². The zero-order chi connectivity index (χ0) is 21.1. The van der Waals surface area contributed by atoms with Crippen LogP contribution < -0.4 is 4.90 Å². The highest BCUT2D eigenvalue weighted by molar-refractivity contribution is 6.21. The lowest BCUT2D eigenvalue weighted by molar-refractivity contribution is -0.384. The second kappa shape index (κ2) is 8.16. The number of hydrogen-bond donors (Lipinski definition) is 0. The molecule has 0 unspecified atom stereocenters. The molecule has 7 heteroatoms. The Hall–Kier alpha value is -4.00. The van der Waals surface area contributed by atoms with Crippen molar-refractivity contribution in [2.45, 2.75) is 6.42 Å². The zero-order valence-electron chi connectivity index (χ0n) is 16.1. The first-order chi connectivity index (χ1) is 14.6. The van der Waals surface area contributed by atoms with E-state index in [2.05, 4.69) is 0 Å². The van der Waals surface area contributed by atoms with Gasteiger partial charge >= 0.3 is 0 Å². The molecule has 3 aromatic carbocycles. The van der Waals surface area contributed by atoms with Crippen LogP contribution in [-0.4, -0.2) is 34.7 Å². The van der Waals surface area contributed by atoms with Crippen LogP contribution in [0.1, 0.15) is 27.1 Å². The Labute approximate surface area is 173 Å². The van der Waals surface area contributed by atoms with Crippen LogP contribution in [0.15, 0.2) is 78.9 Å². The number of para-hydroxylation sites is 3. The summed E-state index contributed by atoms with van der Waals surface area (Å²) in [5.41, 5.74) is 2.11. The van der Waals surface area contributed by atoms with Crippen molar-refractivity contribution in [3.05, 3.63) is 100 Å². The van der Waals surface area contributed by atoms with E-state index in [1.165, 1.54) is 11.0 Å². The lowest BCUT2D eigenvalue weighted by atomic mass is 10.1. The predicted octanol–water partition coefficient (Wildman–Crippen LogP) is 4.42. The Kier molecular flexibility index (Phi) is 5.26. The topological polar surface area (TPSA) is 83.8 Å². The van der Waals surface area contributed by atoms with Gasteiger partial charge in [-0.1, -0.05) is 42.5 Å². The molecule has 1 aliphatic heterocycles. The average Bonchev–Trinajstić information content (AvgIpc) is 3.02. The Morgan fingerprint density at radius 2 is 1.37 bits per heavy atom. The van der Waals surface area contributed by atoms with Crippen molar-refractivity contribution in [2.75, 3.05) is 18.0 Å². The number of fused-ring (bicyclic) bond motifs is 1. The van der Waals surface area contributed by atoms with Crippen molar-refractivity contribution in [2.24, 2.45) is 0 Å².